The van der Waals surface area contributed by atoms with Gasteiger partial charge in [-0.25, -0.2) is 23.7 Å². The van der Waals surface area contributed by atoms with Gasteiger partial charge in [0.2, 0.25) is 5.95 Å². The van der Waals surface area contributed by atoms with E-state index in [9.17, 15) is 8.78 Å². The van der Waals surface area contributed by atoms with E-state index in [1.54, 1.807) is 6.07 Å². The minimum Gasteiger partial charge on any atom is -0.309 e. The Kier molecular flexibility index (Phi) is 6.53. The van der Waals surface area contributed by atoms with E-state index in [-0.39, 0.29) is 11.6 Å². The molecule has 1 saturated heterocycles. The van der Waals surface area contributed by atoms with Crippen LogP contribution in [0, 0.1) is 11.6 Å². The summed E-state index contributed by atoms with van der Waals surface area (Å²) in [4.78, 5) is 22.1. The number of hydrogen-bond acceptors (Lipinski definition) is 7. The quantitative estimate of drug-likeness (QED) is 0.519. The van der Waals surface area contributed by atoms with Crippen LogP contribution in [0.1, 0.15) is 38.8 Å². The second-order valence-electron chi connectivity index (χ2n) is 9.95. The van der Waals surface area contributed by atoms with Crippen LogP contribution >= 0.6 is 0 Å². The van der Waals surface area contributed by atoms with Gasteiger partial charge >= 0.3 is 0 Å². The normalized spacial score (nSPS) is 17.7. The van der Waals surface area contributed by atoms with E-state index in [1.807, 2.05) is 39.1 Å². The lowest BCUT2D eigenvalue weighted by Crippen LogP contribution is -2.45. The lowest BCUT2D eigenvalue weighted by atomic mass is 9.81. The van der Waals surface area contributed by atoms with Gasteiger partial charge in [0.1, 0.15) is 23.0 Å². The summed E-state index contributed by atoms with van der Waals surface area (Å²) in [6, 6.07) is 6.93. The molecule has 0 spiro atoms. The van der Waals surface area contributed by atoms with Crippen molar-refractivity contribution in [3.8, 4) is 11.3 Å². The van der Waals surface area contributed by atoms with Crippen LogP contribution in [-0.2, 0) is 12.0 Å². The van der Waals surface area contributed by atoms with E-state index >= 15 is 0 Å². The van der Waals surface area contributed by atoms with Gasteiger partial charge in [-0.15, -0.1) is 0 Å². The summed E-state index contributed by atoms with van der Waals surface area (Å²) in [7, 11) is 0. The number of fused-ring (bicyclic) bond motifs is 1. The third-order valence-electron chi connectivity index (χ3n) is 7.32. The molecular weight excluding hydrogens is 460 g/mol. The first-order chi connectivity index (χ1) is 17.2. The van der Waals surface area contributed by atoms with Gasteiger partial charge in [0, 0.05) is 55.6 Å². The molecule has 0 saturated carbocycles. The number of aliphatic imine (C=N–C) groups is 1. The van der Waals surface area contributed by atoms with Crippen LogP contribution in [0.3, 0.4) is 0 Å². The van der Waals surface area contributed by atoms with Crippen LogP contribution in [0.25, 0.3) is 11.3 Å². The molecule has 0 unspecified atom stereocenters. The number of nitrogens with zero attached hydrogens (tertiary/aromatic N) is 6. The van der Waals surface area contributed by atoms with E-state index < -0.39 is 17.0 Å². The molecule has 188 valence electrons. The van der Waals surface area contributed by atoms with E-state index in [0.717, 1.165) is 62.3 Å². The van der Waals surface area contributed by atoms with Crippen molar-refractivity contribution < 1.29 is 8.78 Å². The number of halogens is 2. The standard InChI is InChI=1S/C27H31F2N7/c1-5-35-8-10-36(11-9-35)16-18-6-7-23(30-14-18)33-26-31-15-22(29)24(34-26)19-12-20-25(21(28)13-19)32-17(2)27(20,3)4/h6-7,12-15H,5,8-11,16H2,1-4H3,(H,30,31,33,34). The Hall–Kier alpha value is -3.30. The molecule has 1 fully saturated rings. The first-order valence-electron chi connectivity index (χ1n) is 12.3. The third kappa shape index (κ3) is 4.73. The monoisotopic (exact) mass is 491 g/mol. The van der Waals surface area contributed by atoms with Crippen LogP contribution in [0.4, 0.5) is 26.2 Å². The number of pyridine rings is 1. The number of anilines is 2. The highest BCUT2D eigenvalue weighted by Crippen LogP contribution is 2.43. The van der Waals surface area contributed by atoms with Crippen LogP contribution in [-0.4, -0.2) is 63.2 Å². The highest BCUT2D eigenvalue weighted by Gasteiger charge is 2.34. The molecule has 0 aliphatic carbocycles. The smallest absolute Gasteiger partial charge is 0.229 e. The number of piperazine rings is 1. The van der Waals surface area contributed by atoms with Crippen molar-refractivity contribution in [1.82, 2.24) is 24.8 Å². The summed E-state index contributed by atoms with van der Waals surface area (Å²) in [5.74, 6) is -0.375. The van der Waals surface area contributed by atoms with Crippen molar-refractivity contribution in [3.63, 3.8) is 0 Å². The summed E-state index contributed by atoms with van der Waals surface area (Å²) >= 11 is 0. The predicted octanol–water partition coefficient (Wildman–Crippen LogP) is 5.08. The minimum absolute atomic E-state index is 0.0254. The van der Waals surface area contributed by atoms with Gasteiger partial charge in [0.15, 0.2) is 5.82 Å². The van der Waals surface area contributed by atoms with Crippen LogP contribution in [0.15, 0.2) is 41.7 Å². The maximum Gasteiger partial charge on any atom is 0.229 e. The molecule has 0 bridgehead atoms. The van der Waals surface area contributed by atoms with Crippen molar-refractivity contribution in [3.05, 3.63) is 59.4 Å². The molecule has 9 heteroatoms. The molecule has 4 heterocycles. The van der Waals surface area contributed by atoms with E-state index in [0.29, 0.717) is 17.1 Å². The lowest BCUT2D eigenvalue weighted by Gasteiger charge is -2.33. The Morgan fingerprint density at radius 3 is 2.42 bits per heavy atom. The molecule has 3 aromatic rings. The van der Waals surface area contributed by atoms with Crippen LogP contribution < -0.4 is 5.32 Å². The molecular formula is C27H31F2N7. The average Bonchev–Trinajstić information content (AvgIpc) is 3.10. The fraction of sp³-hybridized carbons (Fsp3) is 0.407. The summed E-state index contributed by atoms with van der Waals surface area (Å²) < 4.78 is 29.6. The Morgan fingerprint density at radius 2 is 1.72 bits per heavy atom. The first-order valence-corrected chi connectivity index (χ1v) is 12.3. The lowest BCUT2D eigenvalue weighted by molar-refractivity contribution is 0.132. The summed E-state index contributed by atoms with van der Waals surface area (Å²) in [6.07, 6.45) is 2.92. The number of likely N-dealkylation sites (N-methyl/N-ethyl adjacent to an activating group) is 1. The molecule has 5 rings (SSSR count). The zero-order chi connectivity index (χ0) is 25.4. The first kappa shape index (κ1) is 24.4. The van der Waals surface area contributed by atoms with Crippen LogP contribution in [0.5, 0.6) is 0 Å². The third-order valence-corrected chi connectivity index (χ3v) is 7.32. The number of rotatable bonds is 6. The van der Waals surface area contributed by atoms with Gasteiger partial charge in [0.05, 0.1) is 6.20 Å². The van der Waals surface area contributed by atoms with Crippen LogP contribution in [0.2, 0.25) is 0 Å². The maximum absolute atomic E-state index is 14.9. The van der Waals surface area contributed by atoms with Gasteiger partial charge in [-0.3, -0.25) is 9.89 Å². The van der Waals surface area contributed by atoms with E-state index in [4.69, 9.17) is 0 Å². The highest BCUT2D eigenvalue weighted by molar-refractivity contribution is 6.00. The fourth-order valence-corrected chi connectivity index (χ4v) is 4.69. The Balaban J connectivity index is 1.32. The molecule has 2 aliphatic rings. The molecule has 1 N–H and O–H groups in total. The van der Waals surface area contributed by atoms with Crippen molar-refractivity contribution >= 4 is 23.2 Å². The summed E-state index contributed by atoms with van der Waals surface area (Å²) in [6.45, 7) is 14.2. The minimum atomic E-state index is -0.625. The second-order valence-corrected chi connectivity index (χ2v) is 9.95. The second kappa shape index (κ2) is 9.63. The molecule has 2 aliphatic heterocycles. The fourth-order valence-electron chi connectivity index (χ4n) is 4.69. The molecule has 0 amide bonds. The van der Waals surface area contributed by atoms with Crippen molar-refractivity contribution in [2.75, 3.05) is 38.0 Å². The van der Waals surface area contributed by atoms with Crippen molar-refractivity contribution in [2.45, 2.75) is 39.7 Å². The topological polar surface area (TPSA) is 69.5 Å². The van der Waals surface area contributed by atoms with Gasteiger partial charge in [0.25, 0.3) is 0 Å². The molecule has 7 nitrogen and oxygen atoms in total. The number of nitrogens with one attached hydrogen (secondary N) is 1. The molecule has 36 heavy (non-hydrogen) atoms. The average molecular weight is 492 g/mol. The number of benzene rings is 1. The maximum atomic E-state index is 14.9. The Labute approximate surface area is 210 Å². The zero-order valence-electron chi connectivity index (χ0n) is 21.1. The van der Waals surface area contributed by atoms with E-state index in [2.05, 4.69) is 42.0 Å². The van der Waals surface area contributed by atoms with Gasteiger partial charge in [-0.1, -0.05) is 26.8 Å². The Morgan fingerprint density at radius 1 is 0.972 bits per heavy atom. The SMILES string of the molecule is CCN1CCN(Cc2ccc(Nc3ncc(F)c(-c4cc(F)c5c(c4)C(C)(C)C(C)=N5)n3)nc2)CC1. The van der Waals surface area contributed by atoms with Gasteiger partial charge in [-0.05, 0) is 42.8 Å². The number of aromatic nitrogens is 3. The largest absolute Gasteiger partial charge is 0.309 e. The van der Waals surface area contributed by atoms with Gasteiger partial charge < -0.3 is 10.2 Å². The molecule has 0 radical (unpaired) electrons. The highest BCUT2D eigenvalue weighted by atomic mass is 19.1. The van der Waals surface area contributed by atoms with Crippen molar-refractivity contribution in [1.29, 1.82) is 0 Å². The molecule has 0 atom stereocenters. The summed E-state index contributed by atoms with van der Waals surface area (Å²) in [5, 5.41) is 3.04. The molecule has 1 aromatic carbocycles. The predicted molar refractivity (Wildman–Crippen MR) is 138 cm³/mol. The Bertz CT molecular complexity index is 1300. The zero-order valence-corrected chi connectivity index (χ0v) is 21.1. The molecule has 2 aromatic heterocycles. The van der Waals surface area contributed by atoms with Gasteiger partial charge in [-0.2, -0.15) is 0 Å². The summed E-state index contributed by atoms with van der Waals surface area (Å²) in [5.41, 5.74) is 2.90. The number of hydrogen-bond donors (Lipinski definition) is 1. The van der Waals surface area contributed by atoms with Crippen molar-refractivity contribution in [2.24, 2.45) is 4.99 Å². The van der Waals surface area contributed by atoms with E-state index in [1.165, 1.54) is 6.07 Å².